The van der Waals surface area contributed by atoms with Crippen molar-refractivity contribution in [1.29, 1.82) is 0 Å². The molecule has 0 aromatic heterocycles. The Morgan fingerprint density at radius 2 is 2.08 bits per heavy atom. The fourth-order valence-electron chi connectivity index (χ4n) is 3.72. The van der Waals surface area contributed by atoms with E-state index in [9.17, 15) is 9.90 Å². The topological polar surface area (TPSA) is 59.0 Å². The van der Waals surface area contributed by atoms with E-state index in [0.717, 1.165) is 69.7 Å². The fourth-order valence-corrected chi connectivity index (χ4v) is 3.72. The molecule has 0 bridgehead atoms. The standard InChI is InChI=1S/C20H29NO4/c1-2-16-13-17(6-7-18(16)20(22)23)21-10-8-15(9-11-21)14-25-19-5-3-4-12-24-19/h6-7,13,15,19H,2-5,8-12,14H2,1H3,(H,22,23). The molecule has 0 amide bonds. The van der Waals surface area contributed by atoms with Gasteiger partial charge in [0.2, 0.25) is 0 Å². The van der Waals surface area contributed by atoms with Gasteiger partial charge in [-0.3, -0.25) is 0 Å². The molecule has 25 heavy (non-hydrogen) atoms. The van der Waals surface area contributed by atoms with Crippen molar-refractivity contribution in [3.05, 3.63) is 29.3 Å². The maximum atomic E-state index is 11.3. The van der Waals surface area contributed by atoms with Gasteiger partial charge < -0.3 is 19.5 Å². The van der Waals surface area contributed by atoms with Crippen LogP contribution in [-0.2, 0) is 15.9 Å². The summed E-state index contributed by atoms with van der Waals surface area (Å²) in [4.78, 5) is 13.6. The molecular formula is C20H29NO4. The lowest BCUT2D eigenvalue weighted by Crippen LogP contribution is -2.36. The van der Waals surface area contributed by atoms with Gasteiger partial charge in [-0.15, -0.1) is 0 Å². The van der Waals surface area contributed by atoms with E-state index in [0.29, 0.717) is 11.5 Å². The van der Waals surface area contributed by atoms with Crippen LogP contribution in [0.2, 0.25) is 0 Å². The fraction of sp³-hybridized carbons (Fsp3) is 0.650. The number of benzene rings is 1. The molecule has 3 rings (SSSR count). The van der Waals surface area contributed by atoms with Crippen LogP contribution < -0.4 is 4.90 Å². The predicted octanol–water partition coefficient (Wildman–Crippen LogP) is 3.71. The van der Waals surface area contributed by atoms with Crippen LogP contribution in [0.1, 0.15) is 54.9 Å². The van der Waals surface area contributed by atoms with Crippen molar-refractivity contribution in [2.24, 2.45) is 5.92 Å². The number of nitrogens with zero attached hydrogens (tertiary/aromatic N) is 1. The van der Waals surface area contributed by atoms with Gasteiger partial charge in [-0.25, -0.2) is 4.79 Å². The normalized spacial score (nSPS) is 22.1. The lowest BCUT2D eigenvalue weighted by Gasteiger charge is -2.34. The second kappa shape index (κ2) is 8.68. The molecular weight excluding hydrogens is 318 g/mol. The minimum absolute atomic E-state index is 0.00227. The van der Waals surface area contributed by atoms with Crippen molar-refractivity contribution in [3.8, 4) is 0 Å². The van der Waals surface area contributed by atoms with Crippen LogP contribution in [0.15, 0.2) is 18.2 Å². The first-order chi connectivity index (χ1) is 12.2. The molecule has 5 heteroatoms. The second-order valence-corrected chi connectivity index (χ2v) is 7.06. The van der Waals surface area contributed by atoms with Gasteiger partial charge in [-0.05, 0) is 68.2 Å². The number of aromatic carboxylic acids is 1. The number of hydrogen-bond donors (Lipinski definition) is 1. The largest absolute Gasteiger partial charge is 0.478 e. The molecule has 2 heterocycles. The van der Waals surface area contributed by atoms with Crippen molar-refractivity contribution in [3.63, 3.8) is 0 Å². The number of aryl methyl sites for hydroxylation is 1. The van der Waals surface area contributed by atoms with E-state index in [1.54, 1.807) is 6.07 Å². The molecule has 2 saturated heterocycles. The highest BCUT2D eigenvalue weighted by Crippen LogP contribution is 2.27. The average molecular weight is 347 g/mol. The first kappa shape index (κ1) is 18.2. The first-order valence-electron chi connectivity index (χ1n) is 9.51. The van der Waals surface area contributed by atoms with E-state index >= 15 is 0 Å². The van der Waals surface area contributed by atoms with Crippen LogP contribution >= 0.6 is 0 Å². The lowest BCUT2D eigenvalue weighted by molar-refractivity contribution is -0.169. The van der Waals surface area contributed by atoms with Crippen LogP contribution in [0.25, 0.3) is 0 Å². The summed E-state index contributed by atoms with van der Waals surface area (Å²) in [6.07, 6.45) is 6.33. The Hall–Kier alpha value is -1.59. The highest BCUT2D eigenvalue weighted by molar-refractivity contribution is 5.90. The Bertz CT molecular complexity index is 575. The lowest BCUT2D eigenvalue weighted by atomic mass is 9.96. The van der Waals surface area contributed by atoms with Gasteiger partial charge in [0.1, 0.15) is 0 Å². The molecule has 1 unspecified atom stereocenters. The molecule has 2 fully saturated rings. The third-order valence-corrected chi connectivity index (χ3v) is 5.34. The Labute approximate surface area is 149 Å². The summed E-state index contributed by atoms with van der Waals surface area (Å²) in [6.45, 7) is 5.61. The number of carboxylic acid groups (broad SMARTS) is 1. The molecule has 1 aromatic rings. The molecule has 2 aliphatic rings. The third-order valence-electron chi connectivity index (χ3n) is 5.34. The van der Waals surface area contributed by atoms with Crippen LogP contribution in [-0.4, -0.2) is 43.7 Å². The predicted molar refractivity (Wildman–Crippen MR) is 97.3 cm³/mol. The van der Waals surface area contributed by atoms with Crippen molar-refractivity contribution in [1.82, 2.24) is 0 Å². The number of anilines is 1. The van der Waals surface area contributed by atoms with E-state index < -0.39 is 5.97 Å². The van der Waals surface area contributed by atoms with Gasteiger partial charge in [0.15, 0.2) is 6.29 Å². The summed E-state index contributed by atoms with van der Waals surface area (Å²) in [5.74, 6) is -0.255. The SMILES string of the molecule is CCc1cc(N2CCC(COC3CCCCO3)CC2)ccc1C(=O)O. The number of hydrogen-bond acceptors (Lipinski definition) is 4. The van der Waals surface area contributed by atoms with Crippen LogP contribution in [0.4, 0.5) is 5.69 Å². The molecule has 0 spiro atoms. The minimum Gasteiger partial charge on any atom is -0.478 e. The molecule has 1 atom stereocenters. The molecule has 0 radical (unpaired) electrons. The van der Waals surface area contributed by atoms with E-state index in [2.05, 4.69) is 4.90 Å². The highest BCUT2D eigenvalue weighted by atomic mass is 16.7. The Balaban J connectivity index is 1.50. The minimum atomic E-state index is -0.843. The summed E-state index contributed by atoms with van der Waals surface area (Å²) in [5.41, 5.74) is 2.46. The van der Waals surface area contributed by atoms with Crippen LogP contribution in [0.3, 0.4) is 0 Å². The van der Waals surface area contributed by atoms with Gasteiger partial charge >= 0.3 is 5.97 Å². The zero-order chi connectivity index (χ0) is 17.6. The Morgan fingerprint density at radius 3 is 2.72 bits per heavy atom. The summed E-state index contributed by atoms with van der Waals surface area (Å²) in [6, 6.07) is 5.72. The third kappa shape index (κ3) is 4.73. The van der Waals surface area contributed by atoms with Gasteiger partial charge in [-0.2, -0.15) is 0 Å². The van der Waals surface area contributed by atoms with Crippen molar-refractivity contribution >= 4 is 11.7 Å². The number of ether oxygens (including phenoxy) is 2. The molecule has 0 aliphatic carbocycles. The first-order valence-corrected chi connectivity index (χ1v) is 9.51. The molecule has 0 saturated carbocycles. The summed E-state index contributed by atoms with van der Waals surface area (Å²) in [5, 5.41) is 9.26. The number of piperidine rings is 1. The van der Waals surface area contributed by atoms with Gasteiger partial charge in [-0.1, -0.05) is 6.92 Å². The van der Waals surface area contributed by atoms with E-state index in [1.807, 2.05) is 19.1 Å². The van der Waals surface area contributed by atoms with Crippen molar-refractivity contribution in [2.75, 3.05) is 31.2 Å². The van der Waals surface area contributed by atoms with E-state index in [4.69, 9.17) is 9.47 Å². The monoisotopic (exact) mass is 347 g/mol. The summed E-state index contributed by atoms with van der Waals surface area (Å²) in [7, 11) is 0. The smallest absolute Gasteiger partial charge is 0.335 e. The van der Waals surface area contributed by atoms with Crippen LogP contribution in [0, 0.1) is 5.92 Å². The molecule has 138 valence electrons. The maximum Gasteiger partial charge on any atom is 0.335 e. The summed E-state index contributed by atoms with van der Waals surface area (Å²) < 4.78 is 11.6. The molecule has 1 aromatic carbocycles. The van der Waals surface area contributed by atoms with Gasteiger partial charge in [0, 0.05) is 25.4 Å². The Kier molecular flexibility index (Phi) is 6.32. The highest BCUT2D eigenvalue weighted by Gasteiger charge is 2.23. The number of carbonyl (C=O) groups is 1. The van der Waals surface area contributed by atoms with Crippen molar-refractivity contribution in [2.45, 2.75) is 51.7 Å². The zero-order valence-electron chi connectivity index (χ0n) is 15.1. The Morgan fingerprint density at radius 1 is 1.28 bits per heavy atom. The van der Waals surface area contributed by atoms with E-state index in [-0.39, 0.29) is 6.29 Å². The van der Waals surface area contributed by atoms with Crippen molar-refractivity contribution < 1.29 is 19.4 Å². The second-order valence-electron chi connectivity index (χ2n) is 7.06. The zero-order valence-corrected chi connectivity index (χ0v) is 15.1. The van der Waals surface area contributed by atoms with Gasteiger partial charge in [0.25, 0.3) is 0 Å². The quantitative estimate of drug-likeness (QED) is 0.850. The molecule has 2 aliphatic heterocycles. The maximum absolute atomic E-state index is 11.3. The summed E-state index contributed by atoms with van der Waals surface area (Å²) >= 11 is 0. The molecule has 5 nitrogen and oxygen atoms in total. The van der Waals surface area contributed by atoms with Crippen LogP contribution in [0.5, 0.6) is 0 Å². The van der Waals surface area contributed by atoms with Gasteiger partial charge in [0.05, 0.1) is 12.2 Å². The molecule has 1 N–H and O–H groups in total. The number of carboxylic acids is 1. The average Bonchev–Trinajstić information content (AvgIpc) is 2.67. The number of rotatable bonds is 6. The van der Waals surface area contributed by atoms with E-state index in [1.165, 1.54) is 6.42 Å².